The number of hydrogen-bond donors (Lipinski definition) is 2. The standard InChI is InChI=1S/C12H14BrF3N2/c1-7(2)5-11(18-17)9-6-8(12(14,15)16)3-4-10(9)13/h3-4,6,11,18H,1,5,17H2,2H3. The Kier molecular flexibility index (Phi) is 4.95. The van der Waals surface area contributed by atoms with Crippen LogP contribution in [0.25, 0.3) is 0 Å². The lowest BCUT2D eigenvalue weighted by Crippen LogP contribution is -2.28. The van der Waals surface area contributed by atoms with E-state index in [2.05, 4.69) is 27.9 Å². The number of hydrazine groups is 1. The maximum atomic E-state index is 12.6. The minimum Gasteiger partial charge on any atom is -0.271 e. The molecule has 0 saturated heterocycles. The quantitative estimate of drug-likeness (QED) is 0.500. The van der Waals surface area contributed by atoms with Gasteiger partial charge in [0.05, 0.1) is 11.6 Å². The Hall–Kier alpha value is -0.850. The molecule has 6 heteroatoms. The van der Waals surface area contributed by atoms with E-state index in [-0.39, 0.29) is 0 Å². The fourth-order valence-electron chi connectivity index (χ4n) is 1.59. The molecule has 3 N–H and O–H groups in total. The molecule has 0 amide bonds. The van der Waals surface area contributed by atoms with Crippen molar-refractivity contribution < 1.29 is 13.2 Å². The Bertz CT molecular complexity index is 443. The van der Waals surface area contributed by atoms with Gasteiger partial charge < -0.3 is 0 Å². The highest BCUT2D eigenvalue weighted by molar-refractivity contribution is 9.10. The van der Waals surface area contributed by atoms with Crippen LogP contribution >= 0.6 is 15.9 Å². The van der Waals surface area contributed by atoms with Crippen molar-refractivity contribution in [1.29, 1.82) is 0 Å². The lowest BCUT2D eigenvalue weighted by molar-refractivity contribution is -0.137. The van der Waals surface area contributed by atoms with E-state index in [0.717, 1.165) is 17.7 Å². The number of rotatable bonds is 4. The van der Waals surface area contributed by atoms with Crippen molar-refractivity contribution in [3.63, 3.8) is 0 Å². The predicted molar refractivity (Wildman–Crippen MR) is 68.6 cm³/mol. The Labute approximate surface area is 112 Å². The first kappa shape index (κ1) is 15.2. The molecule has 100 valence electrons. The van der Waals surface area contributed by atoms with Gasteiger partial charge in [-0.2, -0.15) is 13.2 Å². The van der Waals surface area contributed by atoms with Gasteiger partial charge in [-0.3, -0.25) is 11.3 Å². The van der Waals surface area contributed by atoms with Crippen LogP contribution in [0.2, 0.25) is 0 Å². The van der Waals surface area contributed by atoms with Gasteiger partial charge in [0.2, 0.25) is 0 Å². The number of alkyl halides is 3. The van der Waals surface area contributed by atoms with Crippen molar-refractivity contribution in [2.45, 2.75) is 25.6 Å². The van der Waals surface area contributed by atoms with E-state index >= 15 is 0 Å². The summed E-state index contributed by atoms with van der Waals surface area (Å²) in [5, 5.41) is 0. The van der Waals surface area contributed by atoms with Gasteiger partial charge in [-0.05, 0) is 37.1 Å². The van der Waals surface area contributed by atoms with Gasteiger partial charge in [0, 0.05) is 4.47 Å². The normalized spacial score (nSPS) is 13.4. The van der Waals surface area contributed by atoms with Crippen molar-refractivity contribution >= 4 is 15.9 Å². The highest BCUT2D eigenvalue weighted by atomic mass is 79.9. The summed E-state index contributed by atoms with van der Waals surface area (Å²) in [6.45, 7) is 5.53. The van der Waals surface area contributed by atoms with E-state index in [1.165, 1.54) is 6.07 Å². The molecular formula is C12H14BrF3N2. The first-order valence-corrected chi connectivity index (χ1v) is 6.02. The second-order valence-corrected chi connectivity index (χ2v) is 4.97. The second kappa shape index (κ2) is 5.86. The van der Waals surface area contributed by atoms with Crippen LogP contribution in [0.4, 0.5) is 13.2 Å². The van der Waals surface area contributed by atoms with Crippen molar-refractivity contribution in [3.8, 4) is 0 Å². The zero-order valence-electron chi connectivity index (χ0n) is 9.81. The molecule has 0 aromatic heterocycles. The monoisotopic (exact) mass is 322 g/mol. The van der Waals surface area contributed by atoms with E-state index in [1.54, 1.807) is 6.92 Å². The molecule has 0 radical (unpaired) electrons. The van der Waals surface area contributed by atoms with E-state index in [4.69, 9.17) is 5.84 Å². The molecule has 0 aliphatic heterocycles. The average Bonchev–Trinajstić information content (AvgIpc) is 2.25. The smallest absolute Gasteiger partial charge is 0.271 e. The molecule has 1 aromatic carbocycles. The number of benzene rings is 1. The molecule has 1 unspecified atom stereocenters. The number of halogens is 4. The van der Waals surface area contributed by atoms with Crippen molar-refractivity contribution in [2.24, 2.45) is 5.84 Å². The molecule has 1 aromatic rings. The molecule has 0 aliphatic rings. The highest BCUT2D eigenvalue weighted by Crippen LogP contribution is 2.35. The third kappa shape index (κ3) is 3.83. The van der Waals surface area contributed by atoms with Gasteiger partial charge in [-0.1, -0.05) is 21.5 Å². The van der Waals surface area contributed by atoms with E-state index in [1.807, 2.05) is 0 Å². The summed E-state index contributed by atoms with van der Waals surface area (Å²) in [7, 11) is 0. The summed E-state index contributed by atoms with van der Waals surface area (Å²) < 4.78 is 38.5. The number of nitrogens with two attached hydrogens (primary N) is 1. The van der Waals surface area contributed by atoms with Gasteiger partial charge in [0.25, 0.3) is 0 Å². The Morgan fingerprint density at radius 3 is 2.56 bits per heavy atom. The maximum absolute atomic E-state index is 12.6. The molecule has 0 aliphatic carbocycles. The van der Waals surface area contributed by atoms with Gasteiger partial charge >= 0.3 is 6.18 Å². The van der Waals surface area contributed by atoms with Crippen LogP contribution in [0.1, 0.15) is 30.5 Å². The molecule has 0 bridgehead atoms. The molecule has 1 atom stereocenters. The Morgan fingerprint density at radius 1 is 1.50 bits per heavy atom. The van der Waals surface area contributed by atoms with Crippen LogP contribution in [-0.2, 0) is 6.18 Å². The fourth-order valence-corrected chi connectivity index (χ4v) is 2.12. The van der Waals surface area contributed by atoms with Crippen LogP contribution in [0.5, 0.6) is 0 Å². The van der Waals surface area contributed by atoms with Gasteiger partial charge in [0.1, 0.15) is 0 Å². The summed E-state index contributed by atoms with van der Waals surface area (Å²) in [5.74, 6) is 5.39. The molecule has 2 nitrogen and oxygen atoms in total. The summed E-state index contributed by atoms with van der Waals surface area (Å²) in [6.07, 6.45) is -3.89. The number of nitrogens with one attached hydrogen (secondary N) is 1. The lowest BCUT2D eigenvalue weighted by atomic mass is 9.99. The van der Waals surface area contributed by atoms with Crippen molar-refractivity contribution in [3.05, 3.63) is 46.0 Å². The van der Waals surface area contributed by atoms with Gasteiger partial charge in [-0.15, -0.1) is 6.58 Å². The third-order valence-corrected chi connectivity index (χ3v) is 3.17. The first-order chi connectivity index (χ1) is 8.25. The van der Waals surface area contributed by atoms with Crippen LogP contribution < -0.4 is 11.3 Å². The van der Waals surface area contributed by atoms with Crippen LogP contribution in [0.15, 0.2) is 34.8 Å². The second-order valence-electron chi connectivity index (χ2n) is 4.11. The summed E-state index contributed by atoms with van der Waals surface area (Å²) >= 11 is 3.24. The predicted octanol–water partition coefficient (Wildman–Crippen LogP) is 3.94. The van der Waals surface area contributed by atoms with E-state index in [0.29, 0.717) is 16.5 Å². The van der Waals surface area contributed by atoms with Crippen molar-refractivity contribution in [2.75, 3.05) is 0 Å². The molecule has 0 fully saturated rings. The van der Waals surface area contributed by atoms with Crippen molar-refractivity contribution in [1.82, 2.24) is 5.43 Å². The largest absolute Gasteiger partial charge is 0.416 e. The molecule has 0 spiro atoms. The fraction of sp³-hybridized carbons (Fsp3) is 0.333. The summed E-state index contributed by atoms with van der Waals surface area (Å²) in [4.78, 5) is 0. The SMILES string of the molecule is C=C(C)CC(NN)c1cc(C(F)(F)F)ccc1Br. The zero-order valence-corrected chi connectivity index (χ0v) is 11.4. The number of hydrogen-bond acceptors (Lipinski definition) is 2. The third-order valence-electron chi connectivity index (χ3n) is 2.45. The summed E-state index contributed by atoms with van der Waals surface area (Å²) in [6, 6.07) is 3.10. The molecule has 1 rings (SSSR count). The maximum Gasteiger partial charge on any atom is 0.416 e. The van der Waals surface area contributed by atoms with Gasteiger partial charge in [0.15, 0.2) is 0 Å². The first-order valence-electron chi connectivity index (χ1n) is 5.23. The minimum atomic E-state index is -4.36. The van der Waals surface area contributed by atoms with Crippen LogP contribution in [0, 0.1) is 0 Å². The molecule has 0 heterocycles. The molecule has 18 heavy (non-hydrogen) atoms. The summed E-state index contributed by atoms with van der Waals surface area (Å²) in [5.41, 5.74) is 3.12. The average molecular weight is 323 g/mol. The van der Waals surface area contributed by atoms with E-state index < -0.39 is 17.8 Å². The van der Waals surface area contributed by atoms with Crippen LogP contribution in [-0.4, -0.2) is 0 Å². The lowest BCUT2D eigenvalue weighted by Gasteiger charge is -2.19. The zero-order chi connectivity index (χ0) is 13.9. The Balaban J connectivity index is 3.17. The molecular weight excluding hydrogens is 309 g/mol. The van der Waals surface area contributed by atoms with Gasteiger partial charge in [-0.25, -0.2) is 0 Å². The Morgan fingerprint density at radius 2 is 2.11 bits per heavy atom. The molecule has 0 saturated carbocycles. The highest BCUT2D eigenvalue weighted by Gasteiger charge is 2.31. The topological polar surface area (TPSA) is 38.0 Å². The minimum absolute atomic E-state index is 0.404. The van der Waals surface area contributed by atoms with E-state index in [9.17, 15) is 13.2 Å². The van der Waals surface area contributed by atoms with Crippen LogP contribution in [0.3, 0.4) is 0 Å².